The van der Waals surface area contributed by atoms with E-state index in [4.69, 9.17) is 0 Å². The smallest absolute Gasteiger partial charge is 0.0150 e. The molecule has 0 aliphatic rings. The van der Waals surface area contributed by atoms with E-state index in [0.717, 1.165) is 12.8 Å². The van der Waals surface area contributed by atoms with Crippen LogP contribution in [0.5, 0.6) is 0 Å². The molecule has 0 nitrogen and oxygen atoms in total. The summed E-state index contributed by atoms with van der Waals surface area (Å²) in [5, 5.41) is 0. The molecule has 0 radical (unpaired) electrons. The number of rotatable bonds is 5. The first-order chi connectivity index (χ1) is 8.28. The monoisotopic (exact) mass is 242 g/mol. The summed E-state index contributed by atoms with van der Waals surface area (Å²) in [5.74, 6) is 0. The van der Waals surface area contributed by atoms with Crippen molar-refractivity contribution in [3.8, 4) is 0 Å². The highest BCUT2D eigenvalue weighted by atomic mass is 14.1. The normalized spacial score (nSPS) is 10.8. The van der Waals surface area contributed by atoms with Gasteiger partial charge in [-0.25, -0.2) is 0 Å². The topological polar surface area (TPSA) is 0 Å². The molecule has 0 bridgehead atoms. The van der Waals surface area contributed by atoms with Gasteiger partial charge in [-0.2, -0.15) is 0 Å². The van der Waals surface area contributed by atoms with Crippen molar-refractivity contribution < 1.29 is 0 Å². The van der Waals surface area contributed by atoms with Crippen LogP contribution in [0.15, 0.2) is 30.9 Å². The highest BCUT2D eigenvalue weighted by molar-refractivity contribution is 5.72. The van der Waals surface area contributed by atoms with E-state index in [9.17, 15) is 0 Å². The second-order valence-corrected chi connectivity index (χ2v) is 4.00. The van der Waals surface area contributed by atoms with Crippen LogP contribution in [0.25, 0.3) is 18.2 Å². The van der Waals surface area contributed by atoms with Crippen molar-refractivity contribution in [2.45, 2.75) is 41.0 Å². The lowest BCUT2D eigenvalue weighted by Crippen LogP contribution is -1.94. The zero-order valence-electron chi connectivity index (χ0n) is 11.2. The fourth-order valence-corrected chi connectivity index (χ4v) is 2.04. The lowest BCUT2D eigenvalue weighted by atomic mass is 9.93. The Hall–Kier alpha value is -1.56. The van der Waals surface area contributed by atoms with Crippen LogP contribution in [0, 0.1) is 0 Å². The maximum Gasteiger partial charge on any atom is -0.0150 e. The Morgan fingerprint density at radius 3 is 2.28 bits per heavy atom. The third-order valence-electron chi connectivity index (χ3n) is 2.87. The van der Waals surface area contributed by atoms with Gasteiger partial charge in [0.05, 0.1) is 0 Å². The van der Waals surface area contributed by atoms with Crippen LogP contribution in [0.3, 0.4) is 0 Å². The molecule has 0 aliphatic heterocycles. The van der Waals surface area contributed by atoms with Crippen LogP contribution in [-0.2, 0) is 6.42 Å². The Labute approximate surface area is 113 Å². The van der Waals surface area contributed by atoms with Crippen molar-refractivity contribution in [1.82, 2.24) is 0 Å². The molecule has 0 atom stereocenters. The van der Waals surface area contributed by atoms with E-state index >= 15 is 0 Å². The first kappa shape index (κ1) is 16.4. The van der Waals surface area contributed by atoms with Gasteiger partial charge in [-0.3, -0.25) is 0 Å². The quantitative estimate of drug-likeness (QED) is 0.595. The maximum atomic E-state index is 3.89. The molecule has 0 saturated heterocycles. The number of benzene rings is 1. The largest absolute Gasteiger partial charge is 0.0984 e. The van der Waals surface area contributed by atoms with E-state index in [1.54, 1.807) is 0 Å². The van der Waals surface area contributed by atoms with Crippen LogP contribution in [-0.4, -0.2) is 0 Å². The van der Waals surface area contributed by atoms with Crippen LogP contribution in [0.2, 0.25) is 0 Å². The average Bonchev–Trinajstić information content (AvgIpc) is 2.36. The number of hydrogen-bond donors (Lipinski definition) is 0. The molecule has 0 heterocycles. The molecule has 1 aromatic rings. The summed E-state index contributed by atoms with van der Waals surface area (Å²) in [6.45, 7) is 10.3. The molecule has 98 valence electrons. The van der Waals surface area contributed by atoms with Crippen molar-refractivity contribution in [2.75, 3.05) is 0 Å². The fraction of sp³-hybridized carbons (Fsp3) is 0.333. The average molecular weight is 242 g/mol. The molecule has 0 unspecified atom stereocenters. The van der Waals surface area contributed by atoms with Gasteiger partial charge in [-0.1, -0.05) is 70.4 Å². The molecule has 18 heavy (non-hydrogen) atoms. The number of allylic oxidation sites excluding steroid dienone is 2. The minimum atomic E-state index is 0. The van der Waals surface area contributed by atoms with E-state index in [0.29, 0.717) is 0 Å². The van der Waals surface area contributed by atoms with Crippen molar-refractivity contribution in [1.29, 1.82) is 0 Å². The molecule has 0 fully saturated rings. The molecule has 1 rings (SSSR count). The van der Waals surface area contributed by atoms with E-state index < -0.39 is 0 Å². The molecule has 1 aromatic carbocycles. The van der Waals surface area contributed by atoms with Gasteiger partial charge in [0.1, 0.15) is 0 Å². The summed E-state index contributed by atoms with van der Waals surface area (Å²) in [4.78, 5) is 0. The highest BCUT2D eigenvalue weighted by Gasteiger charge is 2.06. The van der Waals surface area contributed by atoms with Gasteiger partial charge in [0.25, 0.3) is 0 Å². The zero-order valence-corrected chi connectivity index (χ0v) is 11.2. The van der Waals surface area contributed by atoms with Gasteiger partial charge in [-0.15, -0.1) is 0 Å². The molecular weight excluding hydrogens is 216 g/mol. The number of hydrogen-bond acceptors (Lipinski definition) is 0. The highest BCUT2D eigenvalue weighted by Crippen LogP contribution is 2.24. The third-order valence-corrected chi connectivity index (χ3v) is 2.87. The lowest BCUT2D eigenvalue weighted by Gasteiger charge is -2.11. The Bertz CT molecular complexity index is 434. The fourth-order valence-electron chi connectivity index (χ4n) is 2.04. The predicted molar refractivity (Wildman–Crippen MR) is 86.7 cm³/mol. The van der Waals surface area contributed by atoms with Gasteiger partial charge in [0.2, 0.25) is 0 Å². The SMILES string of the molecule is C.C=Cc1ccc(/C=C\CC)c(CC)c1/C=C\C. The molecule has 0 spiro atoms. The van der Waals surface area contributed by atoms with Gasteiger partial charge in [0, 0.05) is 0 Å². The van der Waals surface area contributed by atoms with Crippen LogP contribution in [0.4, 0.5) is 0 Å². The maximum absolute atomic E-state index is 3.89. The molecule has 0 amide bonds. The van der Waals surface area contributed by atoms with Crippen molar-refractivity contribution >= 4 is 18.2 Å². The van der Waals surface area contributed by atoms with Crippen molar-refractivity contribution in [3.05, 3.63) is 53.1 Å². The van der Waals surface area contributed by atoms with Crippen LogP contribution >= 0.6 is 0 Å². The van der Waals surface area contributed by atoms with Crippen LogP contribution < -0.4 is 0 Å². The van der Waals surface area contributed by atoms with E-state index in [2.05, 4.69) is 63.8 Å². The minimum Gasteiger partial charge on any atom is -0.0984 e. The van der Waals surface area contributed by atoms with Crippen molar-refractivity contribution in [2.24, 2.45) is 0 Å². The summed E-state index contributed by atoms with van der Waals surface area (Å²) in [7, 11) is 0. The van der Waals surface area contributed by atoms with E-state index in [-0.39, 0.29) is 7.43 Å². The minimum absolute atomic E-state index is 0. The molecular formula is C18H26. The van der Waals surface area contributed by atoms with Gasteiger partial charge in [-0.05, 0) is 42.0 Å². The summed E-state index contributed by atoms with van der Waals surface area (Å²) in [5.41, 5.74) is 5.26. The van der Waals surface area contributed by atoms with Crippen LogP contribution in [0.1, 0.15) is 56.9 Å². The summed E-state index contributed by atoms with van der Waals surface area (Å²) >= 11 is 0. The van der Waals surface area contributed by atoms with Gasteiger partial charge in [0.15, 0.2) is 0 Å². The second kappa shape index (κ2) is 8.52. The standard InChI is InChI=1S/C17H22.CH4/c1-5-9-11-15-13-12-14(7-3)17(10-6-2)16(15)8-4;/h6-7,9-13H,3,5,8H2,1-2,4H3;1H4/b10-6-,11-9-;. The molecule has 0 heteroatoms. The Balaban J connectivity index is 0.00000289. The third kappa shape index (κ3) is 3.73. The lowest BCUT2D eigenvalue weighted by molar-refractivity contribution is 1.12. The van der Waals surface area contributed by atoms with Crippen molar-refractivity contribution in [3.63, 3.8) is 0 Å². The molecule has 0 saturated carbocycles. The summed E-state index contributed by atoms with van der Waals surface area (Å²) in [6, 6.07) is 4.34. The summed E-state index contributed by atoms with van der Waals surface area (Å²) < 4.78 is 0. The van der Waals surface area contributed by atoms with E-state index in [1.807, 2.05) is 6.08 Å². The molecule has 0 aromatic heterocycles. The predicted octanol–water partition coefficient (Wildman–Crippen LogP) is 5.98. The Morgan fingerprint density at radius 2 is 1.78 bits per heavy atom. The molecule has 0 aliphatic carbocycles. The molecule has 0 N–H and O–H groups in total. The summed E-state index contributed by atoms with van der Waals surface area (Å²) in [6.07, 6.45) is 12.8. The Kier molecular flexibility index (Phi) is 7.78. The second-order valence-electron chi connectivity index (χ2n) is 4.00. The Morgan fingerprint density at radius 1 is 1.11 bits per heavy atom. The van der Waals surface area contributed by atoms with Gasteiger partial charge >= 0.3 is 0 Å². The first-order valence-electron chi connectivity index (χ1n) is 6.35. The zero-order chi connectivity index (χ0) is 12.7. The first-order valence-corrected chi connectivity index (χ1v) is 6.35. The van der Waals surface area contributed by atoms with E-state index in [1.165, 1.54) is 22.3 Å². The van der Waals surface area contributed by atoms with Gasteiger partial charge < -0.3 is 0 Å².